The highest BCUT2D eigenvalue weighted by Crippen LogP contribution is 2.17. The van der Waals surface area contributed by atoms with Crippen LogP contribution in [0.5, 0.6) is 0 Å². The smallest absolute Gasteiger partial charge is 0.325 e. The third kappa shape index (κ3) is 3.98. The molecule has 0 bridgehead atoms. The number of amides is 1. The first kappa shape index (κ1) is 13.9. The number of aromatic nitrogens is 2. The van der Waals surface area contributed by atoms with Gasteiger partial charge < -0.3 is 10.1 Å². The van der Waals surface area contributed by atoms with Crippen LogP contribution in [0.15, 0.2) is 17.5 Å². The van der Waals surface area contributed by atoms with E-state index in [-0.39, 0.29) is 19.1 Å². The van der Waals surface area contributed by atoms with Crippen molar-refractivity contribution < 1.29 is 14.3 Å². The lowest BCUT2D eigenvalue weighted by molar-refractivity contribution is -0.143. The van der Waals surface area contributed by atoms with Gasteiger partial charge in [0.1, 0.15) is 23.2 Å². The number of rotatable bonds is 5. The molecule has 2 heterocycles. The van der Waals surface area contributed by atoms with Gasteiger partial charge >= 0.3 is 5.97 Å². The minimum Gasteiger partial charge on any atom is -0.458 e. The van der Waals surface area contributed by atoms with Gasteiger partial charge in [0.15, 0.2) is 0 Å². The van der Waals surface area contributed by atoms with Crippen LogP contribution in [0.2, 0.25) is 4.34 Å². The van der Waals surface area contributed by atoms with E-state index in [2.05, 4.69) is 14.9 Å². The average Bonchev–Trinajstić information content (AvgIpc) is 3.05. The maximum absolute atomic E-state index is 11.5. The number of carbonyl (C=O) groups is 2. The van der Waals surface area contributed by atoms with Gasteiger partial charge in [-0.1, -0.05) is 22.2 Å². The van der Waals surface area contributed by atoms with Crippen molar-refractivity contribution in [3.05, 3.63) is 32.4 Å². The zero-order chi connectivity index (χ0) is 13.7. The Labute approximate surface area is 121 Å². The van der Waals surface area contributed by atoms with Gasteiger partial charge in [-0.3, -0.25) is 9.59 Å². The monoisotopic (exact) mass is 317 g/mol. The van der Waals surface area contributed by atoms with Gasteiger partial charge in [-0.15, -0.1) is 16.4 Å². The van der Waals surface area contributed by atoms with E-state index in [1.165, 1.54) is 11.3 Å². The quantitative estimate of drug-likeness (QED) is 0.849. The predicted molar refractivity (Wildman–Crippen MR) is 71.4 cm³/mol. The number of hydrogen-bond acceptors (Lipinski definition) is 7. The molecule has 0 aromatic carbocycles. The van der Waals surface area contributed by atoms with Crippen LogP contribution in [0, 0.1) is 0 Å². The molecule has 0 aliphatic heterocycles. The summed E-state index contributed by atoms with van der Waals surface area (Å²) in [7, 11) is 0. The maximum Gasteiger partial charge on any atom is 0.325 e. The molecule has 0 saturated heterocycles. The molecule has 0 aliphatic rings. The number of carbonyl (C=O) groups excluding carboxylic acids is 2. The molecular formula is C10H8ClN3O3S2. The van der Waals surface area contributed by atoms with Crippen LogP contribution in [-0.2, 0) is 16.1 Å². The highest BCUT2D eigenvalue weighted by molar-refractivity contribution is 7.12. The fourth-order valence-electron chi connectivity index (χ4n) is 1.13. The minimum atomic E-state index is -0.561. The predicted octanol–water partition coefficient (Wildman–Crippen LogP) is 1.73. The Balaban J connectivity index is 1.73. The average molecular weight is 318 g/mol. The molecule has 0 spiro atoms. The molecular weight excluding hydrogens is 310 g/mol. The van der Waals surface area contributed by atoms with Crippen molar-refractivity contribution in [2.24, 2.45) is 0 Å². The molecule has 0 atom stereocenters. The summed E-state index contributed by atoms with van der Waals surface area (Å²) >= 11 is 8.07. The molecule has 2 rings (SSSR count). The van der Waals surface area contributed by atoms with Gasteiger partial charge in [0.2, 0.25) is 0 Å². The summed E-state index contributed by atoms with van der Waals surface area (Å²) in [5.74, 6) is -0.866. The van der Waals surface area contributed by atoms with Gasteiger partial charge in [0, 0.05) is 11.5 Å². The van der Waals surface area contributed by atoms with Crippen LogP contribution < -0.4 is 5.32 Å². The van der Waals surface area contributed by atoms with Gasteiger partial charge in [0.25, 0.3) is 5.91 Å². The third-order valence-corrected chi connectivity index (χ3v) is 3.87. The lowest BCUT2D eigenvalue weighted by atomic mass is 10.4. The second kappa shape index (κ2) is 6.60. The Kier molecular flexibility index (Phi) is 4.83. The number of nitrogens with one attached hydrogen (secondary N) is 1. The molecule has 2 aromatic heterocycles. The van der Waals surface area contributed by atoms with Crippen molar-refractivity contribution in [2.75, 3.05) is 6.54 Å². The Morgan fingerprint density at radius 1 is 1.47 bits per heavy atom. The lowest BCUT2D eigenvalue weighted by Gasteiger charge is -2.04. The zero-order valence-corrected chi connectivity index (χ0v) is 11.8. The maximum atomic E-state index is 11.5. The van der Waals surface area contributed by atoms with E-state index in [1.807, 2.05) is 0 Å². The SMILES string of the molecule is O=C(CNC(=O)c1cccs1)OCc1nnsc1Cl. The van der Waals surface area contributed by atoms with Crippen molar-refractivity contribution in [3.63, 3.8) is 0 Å². The molecule has 19 heavy (non-hydrogen) atoms. The summed E-state index contributed by atoms with van der Waals surface area (Å²) < 4.78 is 8.90. The van der Waals surface area contributed by atoms with Gasteiger partial charge in [-0.05, 0) is 11.4 Å². The lowest BCUT2D eigenvalue weighted by Crippen LogP contribution is -2.30. The first-order valence-corrected chi connectivity index (χ1v) is 7.14. The van der Waals surface area contributed by atoms with Crippen LogP contribution in [0.25, 0.3) is 0 Å². The number of thiophene rings is 1. The Hall–Kier alpha value is -1.51. The summed E-state index contributed by atoms with van der Waals surface area (Å²) in [6.07, 6.45) is 0. The second-order valence-electron chi connectivity index (χ2n) is 3.31. The van der Waals surface area contributed by atoms with Crippen LogP contribution in [0.4, 0.5) is 0 Å². The molecule has 0 unspecified atom stereocenters. The van der Waals surface area contributed by atoms with E-state index in [9.17, 15) is 9.59 Å². The van der Waals surface area contributed by atoms with Gasteiger partial charge in [-0.25, -0.2) is 0 Å². The fourth-order valence-corrected chi connectivity index (χ4v) is 2.37. The van der Waals surface area contributed by atoms with E-state index in [1.54, 1.807) is 17.5 Å². The number of halogens is 1. The molecule has 9 heteroatoms. The Morgan fingerprint density at radius 3 is 2.95 bits per heavy atom. The zero-order valence-electron chi connectivity index (χ0n) is 9.46. The van der Waals surface area contributed by atoms with Crippen LogP contribution in [-0.4, -0.2) is 28.0 Å². The highest BCUT2D eigenvalue weighted by Gasteiger charge is 2.11. The highest BCUT2D eigenvalue weighted by atomic mass is 35.5. The number of esters is 1. The van der Waals surface area contributed by atoms with Crippen molar-refractivity contribution in [2.45, 2.75) is 6.61 Å². The summed E-state index contributed by atoms with van der Waals surface area (Å²) in [6, 6.07) is 3.43. The normalized spacial score (nSPS) is 10.2. The molecule has 1 amide bonds. The first-order valence-electron chi connectivity index (χ1n) is 5.11. The van der Waals surface area contributed by atoms with Crippen molar-refractivity contribution in [1.82, 2.24) is 14.9 Å². The summed E-state index contributed by atoms with van der Waals surface area (Å²) in [5, 5.41) is 7.94. The minimum absolute atomic E-state index is 0.0525. The van der Waals surface area contributed by atoms with Crippen LogP contribution in [0.3, 0.4) is 0 Å². The van der Waals surface area contributed by atoms with Gasteiger partial charge in [0.05, 0.1) is 4.88 Å². The summed E-state index contributed by atoms with van der Waals surface area (Å²) in [6.45, 7) is -0.255. The van der Waals surface area contributed by atoms with E-state index in [0.717, 1.165) is 11.5 Å². The molecule has 2 aromatic rings. The number of nitrogens with zero attached hydrogens (tertiary/aromatic N) is 2. The first-order chi connectivity index (χ1) is 9.16. The molecule has 100 valence electrons. The Morgan fingerprint density at radius 2 is 2.32 bits per heavy atom. The van der Waals surface area contributed by atoms with Crippen LogP contribution in [0.1, 0.15) is 15.4 Å². The van der Waals surface area contributed by atoms with Crippen molar-refractivity contribution in [1.29, 1.82) is 0 Å². The van der Waals surface area contributed by atoms with Crippen molar-refractivity contribution >= 4 is 46.3 Å². The molecule has 0 fully saturated rings. The van der Waals surface area contributed by atoms with Crippen molar-refractivity contribution in [3.8, 4) is 0 Å². The third-order valence-electron chi connectivity index (χ3n) is 2.02. The Bertz CT molecular complexity index is 570. The summed E-state index contributed by atoms with van der Waals surface area (Å²) in [5.41, 5.74) is 0.407. The summed E-state index contributed by atoms with van der Waals surface area (Å²) in [4.78, 5) is 23.5. The van der Waals surface area contributed by atoms with E-state index in [0.29, 0.717) is 14.9 Å². The molecule has 1 N–H and O–H groups in total. The molecule has 0 radical (unpaired) electrons. The number of ether oxygens (including phenoxy) is 1. The van der Waals surface area contributed by atoms with E-state index >= 15 is 0 Å². The van der Waals surface area contributed by atoms with E-state index in [4.69, 9.17) is 16.3 Å². The van der Waals surface area contributed by atoms with Crippen LogP contribution >= 0.6 is 34.5 Å². The second-order valence-corrected chi connectivity index (χ2v) is 5.62. The molecule has 0 saturated carbocycles. The van der Waals surface area contributed by atoms with Gasteiger partial charge in [-0.2, -0.15) is 0 Å². The fraction of sp³-hybridized carbons (Fsp3) is 0.200. The molecule has 0 aliphatic carbocycles. The molecule has 6 nitrogen and oxygen atoms in total. The largest absolute Gasteiger partial charge is 0.458 e. The standard InChI is InChI=1S/C10H8ClN3O3S2/c11-9-6(13-14-19-9)5-17-8(15)4-12-10(16)7-2-1-3-18-7/h1-3H,4-5H2,(H,12,16). The topological polar surface area (TPSA) is 81.2 Å². The van der Waals surface area contributed by atoms with E-state index < -0.39 is 5.97 Å². The number of hydrogen-bond donors (Lipinski definition) is 1.